The highest BCUT2D eigenvalue weighted by atomic mass is 35.5. The van der Waals surface area contributed by atoms with E-state index in [9.17, 15) is 4.39 Å². The molecule has 0 aliphatic rings. The number of benzene rings is 2. The van der Waals surface area contributed by atoms with E-state index in [4.69, 9.17) is 16.3 Å². The Bertz CT molecular complexity index is 588. The standard InChI is InChI=1S/C16H17ClFNO/c1-11(13-5-3-4-6-16(13)20-2)19-10-12-7-8-14(17)15(18)9-12/h3-9,11,19H,10H2,1-2H3/t11-/m0/s1. The first-order valence-corrected chi connectivity index (χ1v) is 6.80. The molecule has 0 aliphatic carbocycles. The van der Waals surface area contributed by atoms with Crippen LogP contribution in [0.25, 0.3) is 0 Å². The van der Waals surface area contributed by atoms with Crippen LogP contribution in [0.3, 0.4) is 0 Å². The zero-order valence-electron chi connectivity index (χ0n) is 11.5. The molecule has 106 valence electrons. The van der Waals surface area contributed by atoms with Gasteiger partial charge in [0.1, 0.15) is 11.6 Å². The van der Waals surface area contributed by atoms with Crippen molar-refractivity contribution in [3.05, 3.63) is 64.4 Å². The van der Waals surface area contributed by atoms with Crippen molar-refractivity contribution in [3.63, 3.8) is 0 Å². The van der Waals surface area contributed by atoms with Crippen LogP contribution in [0.4, 0.5) is 4.39 Å². The molecular weight excluding hydrogens is 277 g/mol. The Morgan fingerprint density at radius 3 is 2.70 bits per heavy atom. The first kappa shape index (κ1) is 14.8. The fourth-order valence-electron chi connectivity index (χ4n) is 2.05. The van der Waals surface area contributed by atoms with Crippen molar-refractivity contribution in [1.29, 1.82) is 0 Å². The molecule has 0 spiro atoms. The second kappa shape index (κ2) is 6.73. The number of rotatable bonds is 5. The molecule has 0 heterocycles. The number of halogens is 2. The minimum Gasteiger partial charge on any atom is -0.496 e. The van der Waals surface area contributed by atoms with E-state index in [1.54, 1.807) is 13.2 Å². The minimum absolute atomic E-state index is 0.102. The summed E-state index contributed by atoms with van der Waals surface area (Å²) in [7, 11) is 1.65. The van der Waals surface area contributed by atoms with Gasteiger partial charge in [-0.1, -0.05) is 35.9 Å². The van der Waals surface area contributed by atoms with Gasteiger partial charge in [0.2, 0.25) is 0 Å². The first-order chi connectivity index (χ1) is 9.61. The van der Waals surface area contributed by atoms with Crippen molar-refractivity contribution in [3.8, 4) is 5.75 Å². The first-order valence-electron chi connectivity index (χ1n) is 6.42. The molecule has 0 amide bonds. The average molecular weight is 294 g/mol. The molecule has 0 unspecified atom stereocenters. The van der Waals surface area contributed by atoms with Crippen LogP contribution in [-0.2, 0) is 6.54 Å². The summed E-state index contributed by atoms with van der Waals surface area (Å²) in [5.74, 6) is 0.450. The molecule has 1 atom stereocenters. The Morgan fingerprint density at radius 2 is 2.00 bits per heavy atom. The average Bonchev–Trinajstić information content (AvgIpc) is 2.48. The smallest absolute Gasteiger partial charge is 0.142 e. The Morgan fingerprint density at radius 1 is 1.25 bits per heavy atom. The lowest BCUT2D eigenvalue weighted by Gasteiger charge is -2.17. The van der Waals surface area contributed by atoms with Crippen LogP contribution in [-0.4, -0.2) is 7.11 Å². The zero-order valence-corrected chi connectivity index (χ0v) is 12.2. The molecule has 0 saturated heterocycles. The van der Waals surface area contributed by atoms with Gasteiger partial charge in [-0.25, -0.2) is 4.39 Å². The summed E-state index contributed by atoms with van der Waals surface area (Å²) in [5.41, 5.74) is 1.93. The van der Waals surface area contributed by atoms with Crippen molar-refractivity contribution < 1.29 is 9.13 Å². The third-order valence-electron chi connectivity index (χ3n) is 3.20. The summed E-state index contributed by atoms with van der Waals surface area (Å²) in [5, 5.41) is 3.49. The van der Waals surface area contributed by atoms with Crippen LogP contribution in [0.5, 0.6) is 5.75 Å². The Balaban J connectivity index is 2.04. The second-order valence-electron chi connectivity index (χ2n) is 4.59. The molecular formula is C16H17ClFNO. The number of nitrogens with one attached hydrogen (secondary N) is 1. The van der Waals surface area contributed by atoms with Crippen molar-refractivity contribution in [1.82, 2.24) is 5.32 Å². The second-order valence-corrected chi connectivity index (χ2v) is 5.00. The monoisotopic (exact) mass is 293 g/mol. The van der Waals surface area contributed by atoms with E-state index < -0.39 is 5.82 Å². The molecule has 2 rings (SSSR count). The highest BCUT2D eigenvalue weighted by Gasteiger charge is 2.10. The third-order valence-corrected chi connectivity index (χ3v) is 3.51. The van der Waals surface area contributed by atoms with E-state index >= 15 is 0 Å². The molecule has 0 radical (unpaired) electrons. The maximum absolute atomic E-state index is 13.4. The van der Waals surface area contributed by atoms with Crippen LogP contribution in [0.15, 0.2) is 42.5 Å². The number of hydrogen-bond acceptors (Lipinski definition) is 2. The predicted molar refractivity (Wildman–Crippen MR) is 79.7 cm³/mol. The molecule has 0 saturated carbocycles. The lowest BCUT2D eigenvalue weighted by Crippen LogP contribution is -2.18. The lowest BCUT2D eigenvalue weighted by molar-refractivity contribution is 0.401. The molecule has 0 fully saturated rings. The van der Waals surface area contributed by atoms with Crippen molar-refractivity contribution in [2.45, 2.75) is 19.5 Å². The summed E-state index contributed by atoms with van der Waals surface area (Å²) in [6.45, 7) is 2.61. The Kier molecular flexibility index (Phi) is 4.99. The number of hydrogen-bond donors (Lipinski definition) is 1. The van der Waals surface area contributed by atoms with Gasteiger partial charge in [0.05, 0.1) is 12.1 Å². The van der Waals surface area contributed by atoms with Gasteiger partial charge in [-0.05, 0) is 30.7 Å². The van der Waals surface area contributed by atoms with Gasteiger partial charge in [0.15, 0.2) is 0 Å². The van der Waals surface area contributed by atoms with Crippen molar-refractivity contribution in [2.24, 2.45) is 0 Å². The third kappa shape index (κ3) is 3.50. The molecule has 20 heavy (non-hydrogen) atoms. The Labute approximate surface area is 123 Å². The summed E-state index contributed by atoms with van der Waals surface area (Å²) in [4.78, 5) is 0. The number of ether oxygens (including phenoxy) is 1. The van der Waals surface area contributed by atoms with Gasteiger partial charge >= 0.3 is 0 Å². The topological polar surface area (TPSA) is 21.3 Å². The van der Waals surface area contributed by atoms with Crippen molar-refractivity contribution in [2.75, 3.05) is 7.11 Å². The SMILES string of the molecule is COc1ccccc1[C@H](C)NCc1ccc(Cl)c(F)c1. The van der Waals surface area contributed by atoms with Crippen LogP contribution in [0.1, 0.15) is 24.1 Å². The summed E-state index contributed by atoms with van der Waals surface area (Å²) in [6, 6.07) is 12.8. The normalized spacial score (nSPS) is 12.2. The van der Waals surface area contributed by atoms with Crippen molar-refractivity contribution >= 4 is 11.6 Å². The molecule has 2 aromatic rings. The molecule has 0 aromatic heterocycles. The van der Waals surface area contributed by atoms with Gasteiger partial charge in [-0.2, -0.15) is 0 Å². The molecule has 0 aliphatic heterocycles. The number of para-hydroxylation sites is 1. The summed E-state index contributed by atoms with van der Waals surface area (Å²) < 4.78 is 18.7. The molecule has 4 heteroatoms. The fraction of sp³-hybridized carbons (Fsp3) is 0.250. The van der Waals surface area contributed by atoms with E-state index in [-0.39, 0.29) is 11.1 Å². The van der Waals surface area contributed by atoms with Crippen LogP contribution in [0, 0.1) is 5.82 Å². The minimum atomic E-state index is -0.393. The van der Waals surface area contributed by atoms with E-state index in [1.165, 1.54) is 6.07 Å². The Hall–Kier alpha value is -1.58. The van der Waals surface area contributed by atoms with Crippen LogP contribution >= 0.6 is 11.6 Å². The van der Waals surface area contributed by atoms with Gasteiger partial charge in [-0.15, -0.1) is 0 Å². The quantitative estimate of drug-likeness (QED) is 0.885. The highest BCUT2D eigenvalue weighted by molar-refractivity contribution is 6.30. The van der Waals surface area contributed by atoms with Gasteiger partial charge in [0.25, 0.3) is 0 Å². The van der Waals surface area contributed by atoms with E-state index in [0.29, 0.717) is 6.54 Å². The van der Waals surface area contributed by atoms with Gasteiger partial charge in [-0.3, -0.25) is 0 Å². The maximum Gasteiger partial charge on any atom is 0.142 e. The van der Waals surface area contributed by atoms with Gasteiger partial charge < -0.3 is 10.1 Å². The molecule has 1 N–H and O–H groups in total. The van der Waals surface area contributed by atoms with Crippen LogP contribution < -0.4 is 10.1 Å². The summed E-state index contributed by atoms with van der Waals surface area (Å²) in [6.07, 6.45) is 0. The lowest BCUT2D eigenvalue weighted by atomic mass is 10.1. The van der Waals surface area contributed by atoms with Crippen LogP contribution in [0.2, 0.25) is 5.02 Å². The van der Waals surface area contributed by atoms with E-state index in [0.717, 1.165) is 16.9 Å². The molecule has 0 bridgehead atoms. The largest absolute Gasteiger partial charge is 0.496 e. The molecule has 2 nitrogen and oxygen atoms in total. The van der Waals surface area contributed by atoms with E-state index in [1.807, 2.05) is 37.3 Å². The fourth-order valence-corrected chi connectivity index (χ4v) is 2.17. The maximum atomic E-state index is 13.4. The highest BCUT2D eigenvalue weighted by Crippen LogP contribution is 2.24. The van der Waals surface area contributed by atoms with E-state index in [2.05, 4.69) is 5.32 Å². The molecule has 2 aromatic carbocycles. The van der Waals surface area contributed by atoms with Gasteiger partial charge in [0, 0.05) is 18.2 Å². The number of methoxy groups -OCH3 is 1. The predicted octanol–water partition coefficient (Wildman–Crippen LogP) is 4.34. The summed E-state index contributed by atoms with van der Waals surface area (Å²) >= 11 is 5.67. The zero-order chi connectivity index (χ0) is 14.5.